The summed E-state index contributed by atoms with van der Waals surface area (Å²) in [6.45, 7) is 3.91. The highest BCUT2D eigenvalue weighted by Crippen LogP contribution is 2.21. The molecule has 1 aromatic carbocycles. The second kappa shape index (κ2) is 6.46. The van der Waals surface area contributed by atoms with Gasteiger partial charge >= 0.3 is 0 Å². The summed E-state index contributed by atoms with van der Waals surface area (Å²) < 4.78 is 1.46. The van der Waals surface area contributed by atoms with Crippen LogP contribution < -0.4 is 5.56 Å². The number of rotatable bonds is 4. The summed E-state index contributed by atoms with van der Waals surface area (Å²) in [5.74, 6) is 0.268. The smallest absolute Gasteiger partial charge is 0.259 e. The van der Waals surface area contributed by atoms with Crippen molar-refractivity contribution in [3.05, 3.63) is 62.0 Å². The lowest BCUT2D eigenvalue weighted by atomic mass is 10.1. The number of carbonyl (C=O) groups is 1. The van der Waals surface area contributed by atoms with E-state index < -0.39 is 0 Å². The lowest BCUT2D eigenvalue weighted by molar-refractivity contribution is 0.112. The summed E-state index contributed by atoms with van der Waals surface area (Å²) in [5, 5.41) is 0.191. The number of alkyl halides is 1. The average Bonchev–Trinajstić information content (AvgIpc) is 2.45. The third kappa shape index (κ3) is 3.04. The van der Waals surface area contributed by atoms with Gasteiger partial charge in [-0.15, -0.1) is 11.6 Å². The summed E-state index contributed by atoms with van der Waals surface area (Å²) in [5.41, 5.74) is 3.22. The predicted molar refractivity (Wildman–Crippen MR) is 86.3 cm³/mol. The summed E-state index contributed by atoms with van der Waals surface area (Å²) >= 11 is 11.8. The molecule has 0 atom stereocenters. The van der Waals surface area contributed by atoms with Gasteiger partial charge in [0, 0.05) is 17.6 Å². The van der Waals surface area contributed by atoms with E-state index in [1.54, 1.807) is 0 Å². The zero-order valence-corrected chi connectivity index (χ0v) is 13.3. The molecule has 5 heteroatoms. The normalized spacial score (nSPS) is 10.7. The summed E-state index contributed by atoms with van der Waals surface area (Å²) in [6, 6.07) is 5.77. The Kier molecular flexibility index (Phi) is 4.86. The van der Waals surface area contributed by atoms with Crippen LogP contribution in [0.5, 0.6) is 0 Å². The molecule has 0 unspecified atom stereocenters. The molecule has 0 saturated carbocycles. The Morgan fingerprint density at radius 2 is 2.00 bits per heavy atom. The van der Waals surface area contributed by atoms with Crippen molar-refractivity contribution in [2.75, 3.05) is 5.88 Å². The van der Waals surface area contributed by atoms with Gasteiger partial charge in [0.2, 0.25) is 0 Å². The SMILES string of the molecule is Cc1ccc(-n2cc(C=O)c(Cl)c(CCCl)c2=O)c(C)c1. The maximum atomic E-state index is 12.6. The monoisotopic (exact) mass is 323 g/mol. The van der Waals surface area contributed by atoms with Gasteiger partial charge in [-0.3, -0.25) is 14.2 Å². The lowest BCUT2D eigenvalue weighted by Gasteiger charge is -2.14. The first-order valence-electron chi connectivity index (χ1n) is 6.52. The first-order valence-corrected chi connectivity index (χ1v) is 7.43. The Morgan fingerprint density at radius 3 is 2.57 bits per heavy atom. The maximum absolute atomic E-state index is 12.6. The molecule has 1 heterocycles. The highest BCUT2D eigenvalue weighted by Gasteiger charge is 2.15. The molecule has 0 saturated heterocycles. The van der Waals surface area contributed by atoms with Crippen molar-refractivity contribution in [2.45, 2.75) is 20.3 Å². The molecule has 3 nitrogen and oxygen atoms in total. The molecule has 110 valence electrons. The van der Waals surface area contributed by atoms with Gasteiger partial charge in [0.05, 0.1) is 16.3 Å². The van der Waals surface area contributed by atoms with Crippen molar-refractivity contribution in [2.24, 2.45) is 0 Å². The van der Waals surface area contributed by atoms with Gasteiger partial charge < -0.3 is 0 Å². The lowest BCUT2D eigenvalue weighted by Crippen LogP contribution is -2.24. The molecule has 0 fully saturated rings. The number of aryl methyl sites for hydroxylation is 2. The summed E-state index contributed by atoms with van der Waals surface area (Å²) in [7, 11) is 0. The van der Waals surface area contributed by atoms with Crippen LogP contribution in [0.3, 0.4) is 0 Å². The van der Waals surface area contributed by atoms with E-state index in [1.165, 1.54) is 10.8 Å². The fourth-order valence-corrected chi connectivity index (χ4v) is 2.77. The van der Waals surface area contributed by atoms with Crippen LogP contribution in [0.15, 0.2) is 29.2 Å². The Hall–Kier alpha value is -1.58. The van der Waals surface area contributed by atoms with Crippen LogP contribution in [0.2, 0.25) is 5.02 Å². The molecule has 1 aromatic heterocycles. The molecule has 2 aromatic rings. The van der Waals surface area contributed by atoms with Crippen molar-refractivity contribution in [1.29, 1.82) is 0 Å². The molecule has 0 radical (unpaired) electrons. The van der Waals surface area contributed by atoms with Gasteiger partial charge in [0.25, 0.3) is 5.56 Å². The van der Waals surface area contributed by atoms with E-state index in [9.17, 15) is 9.59 Å². The molecule has 0 aliphatic carbocycles. The van der Waals surface area contributed by atoms with E-state index in [2.05, 4.69) is 0 Å². The minimum atomic E-state index is -0.238. The molecule has 21 heavy (non-hydrogen) atoms. The highest BCUT2D eigenvalue weighted by atomic mass is 35.5. The standard InChI is InChI=1S/C16H15Cl2NO2/c1-10-3-4-14(11(2)7-10)19-8-12(9-20)15(18)13(5-6-17)16(19)21/h3-4,7-9H,5-6H2,1-2H3. The predicted octanol–water partition coefficient (Wildman–Crippen LogP) is 3.70. The van der Waals surface area contributed by atoms with E-state index in [-0.39, 0.29) is 22.0 Å². The second-order valence-corrected chi connectivity index (χ2v) is 5.65. The van der Waals surface area contributed by atoms with Crippen LogP contribution in [0.4, 0.5) is 0 Å². The van der Waals surface area contributed by atoms with Crippen LogP contribution >= 0.6 is 23.2 Å². The second-order valence-electron chi connectivity index (χ2n) is 4.90. The molecular formula is C16H15Cl2NO2. The highest BCUT2D eigenvalue weighted by molar-refractivity contribution is 6.33. The van der Waals surface area contributed by atoms with Crippen LogP contribution in [0, 0.1) is 13.8 Å². The van der Waals surface area contributed by atoms with Gasteiger partial charge in [-0.25, -0.2) is 0 Å². The third-order valence-electron chi connectivity index (χ3n) is 3.35. The number of hydrogen-bond acceptors (Lipinski definition) is 2. The van der Waals surface area contributed by atoms with Crippen molar-refractivity contribution < 1.29 is 4.79 Å². The van der Waals surface area contributed by atoms with Gasteiger partial charge in [-0.1, -0.05) is 29.3 Å². The van der Waals surface area contributed by atoms with Gasteiger partial charge in [-0.05, 0) is 31.9 Å². The zero-order valence-electron chi connectivity index (χ0n) is 11.8. The number of halogens is 2. The summed E-state index contributed by atoms with van der Waals surface area (Å²) in [6.07, 6.45) is 2.46. The number of hydrogen-bond donors (Lipinski definition) is 0. The maximum Gasteiger partial charge on any atom is 0.259 e. The van der Waals surface area contributed by atoms with Gasteiger partial charge in [-0.2, -0.15) is 0 Å². The number of nitrogens with zero attached hydrogens (tertiary/aromatic N) is 1. The van der Waals surface area contributed by atoms with Gasteiger partial charge in [0.15, 0.2) is 6.29 Å². The third-order valence-corrected chi connectivity index (χ3v) is 3.98. The minimum absolute atomic E-state index is 0.191. The van der Waals surface area contributed by atoms with E-state index in [1.807, 2.05) is 32.0 Å². The Morgan fingerprint density at radius 1 is 1.29 bits per heavy atom. The average molecular weight is 324 g/mol. The van der Waals surface area contributed by atoms with Crippen LogP contribution in [0.25, 0.3) is 5.69 Å². The topological polar surface area (TPSA) is 39.1 Å². The fraction of sp³-hybridized carbons (Fsp3) is 0.250. The van der Waals surface area contributed by atoms with E-state index in [4.69, 9.17) is 23.2 Å². The number of aldehydes is 1. The molecular weight excluding hydrogens is 309 g/mol. The Balaban J connectivity index is 2.77. The largest absolute Gasteiger partial charge is 0.298 e. The Bertz CT molecular complexity index is 751. The van der Waals surface area contributed by atoms with Crippen molar-refractivity contribution in [3.8, 4) is 5.69 Å². The van der Waals surface area contributed by atoms with Crippen LogP contribution in [-0.2, 0) is 6.42 Å². The van der Waals surface area contributed by atoms with Crippen molar-refractivity contribution >= 4 is 29.5 Å². The van der Waals surface area contributed by atoms with Gasteiger partial charge in [0.1, 0.15) is 0 Å². The van der Waals surface area contributed by atoms with E-state index >= 15 is 0 Å². The van der Waals surface area contributed by atoms with Crippen LogP contribution in [0.1, 0.15) is 27.0 Å². The molecule has 0 aliphatic heterocycles. The molecule has 2 rings (SSSR count). The molecule has 0 amide bonds. The number of benzene rings is 1. The Labute approximate surface area is 133 Å². The molecule has 0 bridgehead atoms. The fourth-order valence-electron chi connectivity index (χ4n) is 2.32. The first-order chi connectivity index (χ1) is 9.99. The van der Waals surface area contributed by atoms with Crippen molar-refractivity contribution in [3.63, 3.8) is 0 Å². The number of aromatic nitrogens is 1. The number of pyridine rings is 1. The van der Waals surface area contributed by atoms with Crippen molar-refractivity contribution in [1.82, 2.24) is 4.57 Å². The summed E-state index contributed by atoms with van der Waals surface area (Å²) in [4.78, 5) is 23.8. The first kappa shape index (κ1) is 15.8. The zero-order chi connectivity index (χ0) is 15.6. The quantitative estimate of drug-likeness (QED) is 0.635. The van der Waals surface area contributed by atoms with E-state index in [0.717, 1.165) is 16.8 Å². The number of carbonyl (C=O) groups excluding carboxylic acids is 1. The van der Waals surface area contributed by atoms with E-state index in [0.29, 0.717) is 18.3 Å². The minimum Gasteiger partial charge on any atom is -0.298 e. The molecule has 0 spiro atoms. The molecule has 0 aliphatic rings. The van der Waals surface area contributed by atoms with Crippen LogP contribution in [-0.4, -0.2) is 16.7 Å². The molecule has 0 N–H and O–H groups in total.